The minimum Gasteiger partial charge on any atom is -0.504 e. The Hall–Kier alpha value is -3.71. The van der Waals surface area contributed by atoms with Crippen molar-refractivity contribution < 1.29 is 73.3 Å². The predicted molar refractivity (Wildman–Crippen MR) is 155 cm³/mol. The highest BCUT2D eigenvalue weighted by Gasteiger charge is 2.48. The van der Waals surface area contributed by atoms with E-state index in [0.29, 0.717) is 11.3 Å². The number of benzene rings is 2. The molecule has 2 aliphatic heterocycles. The minimum absolute atomic E-state index is 0.109. The Bertz CT molecular complexity index is 1570. The van der Waals surface area contributed by atoms with E-state index in [1.165, 1.54) is 34.3 Å². The fourth-order valence-corrected chi connectivity index (χ4v) is 5.29. The molecule has 5 rings (SSSR count). The van der Waals surface area contributed by atoms with Crippen molar-refractivity contribution >= 4 is 11.0 Å². The van der Waals surface area contributed by atoms with Gasteiger partial charge in [-0.15, -0.1) is 0 Å². The zero-order valence-corrected chi connectivity index (χ0v) is 25.2. The predicted octanol–water partition coefficient (Wildman–Crippen LogP) is -0.778. The van der Waals surface area contributed by atoms with E-state index in [2.05, 4.69) is 0 Å². The van der Waals surface area contributed by atoms with Gasteiger partial charge in [-0.2, -0.15) is 0 Å². The molecule has 16 nitrogen and oxygen atoms in total. The van der Waals surface area contributed by atoms with Gasteiger partial charge in [-0.1, -0.05) is 0 Å². The molecule has 1 aromatic heterocycles. The highest BCUT2D eigenvalue weighted by molar-refractivity contribution is 5.95. The molecule has 3 heterocycles. The Labute approximate surface area is 261 Å². The van der Waals surface area contributed by atoms with Crippen LogP contribution in [0.4, 0.5) is 0 Å². The van der Waals surface area contributed by atoms with Crippen LogP contribution < -0.4 is 24.4 Å². The Morgan fingerprint density at radius 2 is 1.37 bits per heavy atom. The van der Waals surface area contributed by atoms with E-state index in [4.69, 9.17) is 37.6 Å². The van der Waals surface area contributed by atoms with Gasteiger partial charge in [0.05, 0.1) is 34.0 Å². The molecule has 46 heavy (non-hydrogen) atoms. The lowest BCUT2D eigenvalue weighted by molar-refractivity contribution is -0.318. The van der Waals surface area contributed by atoms with Crippen molar-refractivity contribution in [3.8, 4) is 40.1 Å². The van der Waals surface area contributed by atoms with Crippen molar-refractivity contribution in [3.05, 3.63) is 40.6 Å². The Balaban J connectivity index is 1.48. The summed E-state index contributed by atoms with van der Waals surface area (Å²) in [7, 11) is 3.91. The molecule has 252 valence electrons. The first kappa shape index (κ1) is 33.6. The normalized spacial score (nSPS) is 31.4. The van der Waals surface area contributed by atoms with Gasteiger partial charge in [0, 0.05) is 11.6 Å². The Kier molecular flexibility index (Phi) is 9.92. The number of ether oxygens (including phenoxy) is 7. The lowest BCUT2D eigenvalue weighted by atomic mass is 9.98. The van der Waals surface area contributed by atoms with Crippen LogP contribution >= 0.6 is 0 Å². The Morgan fingerprint density at radius 1 is 0.739 bits per heavy atom. The molecule has 0 saturated carbocycles. The van der Waals surface area contributed by atoms with Gasteiger partial charge in [-0.3, -0.25) is 4.79 Å². The summed E-state index contributed by atoms with van der Waals surface area (Å²) in [6, 6.07) is 7.79. The maximum atomic E-state index is 13.2. The number of hydrogen-bond acceptors (Lipinski definition) is 16. The first-order valence-corrected chi connectivity index (χ1v) is 14.2. The second-order valence-electron chi connectivity index (χ2n) is 10.8. The fraction of sp³-hybridized carbons (Fsp3) is 0.500. The fourth-order valence-electron chi connectivity index (χ4n) is 5.29. The quantitative estimate of drug-likeness (QED) is 0.150. The molecule has 2 aliphatic rings. The molecule has 0 aliphatic carbocycles. The van der Waals surface area contributed by atoms with E-state index in [1.807, 2.05) is 0 Å². The van der Waals surface area contributed by atoms with Crippen molar-refractivity contribution in [2.75, 3.05) is 27.9 Å². The molecule has 2 fully saturated rings. The van der Waals surface area contributed by atoms with Gasteiger partial charge in [-0.25, -0.2) is 0 Å². The van der Waals surface area contributed by atoms with E-state index in [0.717, 1.165) is 0 Å². The highest BCUT2D eigenvalue weighted by atomic mass is 16.7. The summed E-state index contributed by atoms with van der Waals surface area (Å²) in [5.74, 6) is -1.00. The van der Waals surface area contributed by atoms with Crippen molar-refractivity contribution in [1.29, 1.82) is 0 Å². The molecule has 2 saturated heterocycles. The molecular formula is C30H36O16. The minimum atomic E-state index is -1.87. The average molecular weight is 653 g/mol. The third-order valence-corrected chi connectivity index (χ3v) is 7.94. The number of fused-ring (bicyclic) bond motifs is 1. The number of rotatable bonds is 9. The van der Waals surface area contributed by atoms with Crippen molar-refractivity contribution in [1.82, 2.24) is 0 Å². The van der Waals surface area contributed by atoms with Gasteiger partial charge in [0.1, 0.15) is 59.6 Å². The second kappa shape index (κ2) is 13.6. The van der Waals surface area contributed by atoms with Crippen LogP contribution in [0, 0.1) is 0 Å². The standard InChI is InChI=1S/C30H36O16/c1-11-18(32)21(35)23(37)29(43-11)42-10-16-19(33)22(36)24(38)30(45-16)46-28-26(40-3)20(34)17-14(31)9-15(44-25(17)27(28)41-4)12-5-7-13(39-2)8-6-12/h5-9,11,16,18-19,21-24,29-30,32-38H,10H2,1-4H3/t11?,16?,18-,19+,21?,22-,23-,24?,29+,30-/m0/s1. The van der Waals surface area contributed by atoms with Crippen molar-refractivity contribution in [2.45, 2.75) is 68.3 Å². The van der Waals surface area contributed by atoms with Gasteiger partial charge >= 0.3 is 0 Å². The molecule has 0 amide bonds. The van der Waals surface area contributed by atoms with Gasteiger partial charge in [0.2, 0.25) is 23.5 Å². The molecule has 3 aromatic rings. The summed E-state index contributed by atoms with van der Waals surface area (Å²) in [5.41, 5.74) is -0.385. The van der Waals surface area contributed by atoms with Crippen LogP contribution in [0.25, 0.3) is 22.3 Å². The molecular weight excluding hydrogens is 616 g/mol. The maximum Gasteiger partial charge on any atom is 0.229 e. The summed E-state index contributed by atoms with van der Waals surface area (Å²) < 4.78 is 44.5. The third kappa shape index (κ3) is 6.06. The number of aliphatic hydroxyl groups is 6. The van der Waals surface area contributed by atoms with Crippen molar-refractivity contribution in [2.24, 2.45) is 0 Å². The summed E-state index contributed by atoms with van der Waals surface area (Å²) in [6.45, 7) is 0.910. The van der Waals surface area contributed by atoms with Crippen LogP contribution in [-0.4, -0.2) is 125 Å². The first-order chi connectivity index (χ1) is 21.9. The number of methoxy groups -OCH3 is 3. The molecule has 0 spiro atoms. The first-order valence-electron chi connectivity index (χ1n) is 14.2. The molecule has 0 radical (unpaired) electrons. The van der Waals surface area contributed by atoms with Gasteiger partial charge in [0.25, 0.3) is 0 Å². The molecule has 0 bridgehead atoms. The highest BCUT2D eigenvalue weighted by Crippen LogP contribution is 2.51. The Morgan fingerprint density at radius 3 is 2.00 bits per heavy atom. The summed E-state index contributed by atoms with van der Waals surface area (Å²) in [5, 5.41) is 73.1. The summed E-state index contributed by atoms with van der Waals surface area (Å²) >= 11 is 0. The molecule has 2 aromatic carbocycles. The summed E-state index contributed by atoms with van der Waals surface area (Å²) in [4.78, 5) is 13.2. The molecule has 7 N–H and O–H groups in total. The van der Waals surface area contributed by atoms with Gasteiger partial charge in [0.15, 0.2) is 23.1 Å². The zero-order valence-electron chi connectivity index (χ0n) is 25.2. The van der Waals surface area contributed by atoms with E-state index in [1.54, 1.807) is 24.3 Å². The molecule has 16 heteroatoms. The van der Waals surface area contributed by atoms with Crippen LogP contribution in [0.2, 0.25) is 0 Å². The monoisotopic (exact) mass is 652 g/mol. The lowest BCUT2D eigenvalue weighted by Crippen LogP contribution is -2.61. The number of phenols is 1. The topological polar surface area (TPSA) is 236 Å². The van der Waals surface area contributed by atoms with Gasteiger partial charge in [-0.05, 0) is 31.2 Å². The average Bonchev–Trinajstić information content (AvgIpc) is 3.05. The van der Waals surface area contributed by atoms with Crippen LogP contribution in [0.5, 0.6) is 28.7 Å². The third-order valence-electron chi connectivity index (χ3n) is 7.94. The van der Waals surface area contributed by atoms with E-state index in [-0.39, 0.29) is 28.2 Å². The van der Waals surface area contributed by atoms with Crippen LogP contribution in [0.1, 0.15) is 6.92 Å². The maximum absolute atomic E-state index is 13.2. The number of hydrogen-bond donors (Lipinski definition) is 7. The van der Waals surface area contributed by atoms with Crippen LogP contribution in [0.15, 0.2) is 39.5 Å². The SMILES string of the molecule is COc1ccc(-c2cc(=O)c3c(O)c(OC)c(O[C@@H]4OC(CO[C@@H]5OC(C)[C@H](O)C(O)[C@@H]5O)[C@@H](O)[C@H](O)C4O)c(OC)c3o2)cc1. The van der Waals surface area contributed by atoms with E-state index >= 15 is 0 Å². The molecule has 4 unspecified atom stereocenters. The van der Waals surface area contributed by atoms with Crippen molar-refractivity contribution in [3.63, 3.8) is 0 Å². The number of phenolic OH excluding ortho intramolecular Hbond substituents is 1. The number of aliphatic hydroxyl groups excluding tert-OH is 6. The molecule has 10 atom stereocenters. The van der Waals surface area contributed by atoms with Crippen LogP contribution in [0.3, 0.4) is 0 Å². The van der Waals surface area contributed by atoms with E-state index in [9.17, 15) is 40.5 Å². The van der Waals surface area contributed by atoms with Crippen LogP contribution in [-0.2, 0) is 14.2 Å². The zero-order chi connectivity index (χ0) is 33.4. The summed E-state index contributed by atoms with van der Waals surface area (Å²) in [6.07, 6.45) is -15.5. The smallest absolute Gasteiger partial charge is 0.229 e. The largest absolute Gasteiger partial charge is 0.504 e. The van der Waals surface area contributed by atoms with E-state index < -0.39 is 84.9 Å². The van der Waals surface area contributed by atoms with Gasteiger partial charge < -0.3 is 73.3 Å². The number of aromatic hydroxyl groups is 1. The second-order valence-corrected chi connectivity index (χ2v) is 10.8. The lowest BCUT2D eigenvalue weighted by Gasteiger charge is -2.42.